The highest BCUT2D eigenvalue weighted by Crippen LogP contribution is 2.34. The summed E-state index contributed by atoms with van der Waals surface area (Å²) in [7, 11) is -3.02. The van der Waals surface area contributed by atoms with Crippen molar-refractivity contribution in [1.82, 2.24) is 0 Å². The van der Waals surface area contributed by atoms with Crippen LogP contribution in [0.1, 0.15) is 251 Å². The van der Waals surface area contributed by atoms with Gasteiger partial charge in [-0.25, -0.2) is 0 Å². The summed E-state index contributed by atoms with van der Waals surface area (Å²) in [6, 6.07) is 11.2. The molecule has 0 atom stereocenters. The van der Waals surface area contributed by atoms with E-state index < -0.39 is 8.80 Å². The lowest BCUT2D eigenvalue weighted by atomic mass is 9.94. The Morgan fingerprint density at radius 1 is 0.390 bits per heavy atom. The first-order valence-corrected chi connectivity index (χ1v) is 27.8. The van der Waals surface area contributed by atoms with E-state index in [1.165, 1.54) is 222 Å². The smallest absolute Gasteiger partial charge is 0.456 e. The molecule has 338 valence electrons. The fourth-order valence-corrected chi connectivity index (χ4v) is 11.8. The first kappa shape index (κ1) is 51.7. The molecule has 0 fully saturated rings. The van der Waals surface area contributed by atoms with E-state index in [0.29, 0.717) is 19.8 Å². The first-order chi connectivity index (χ1) is 29.1. The van der Waals surface area contributed by atoms with E-state index in [9.17, 15) is 0 Å². The van der Waals surface area contributed by atoms with Crippen molar-refractivity contribution >= 4 is 35.9 Å². The van der Waals surface area contributed by atoms with Crippen LogP contribution in [0.25, 0.3) is 21.9 Å². The van der Waals surface area contributed by atoms with E-state index in [2.05, 4.69) is 44.2 Å². The number of furan rings is 1. The number of aryl methyl sites for hydroxylation is 2. The molecule has 0 aliphatic heterocycles. The molecule has 0 radical (unpaired) electrons. The van der Waals surface area contributed by atoms with Crippen molar-refractivity contribution in [2.45, 2.75) is 253 Å². The average molecular weight is 835 g/mol. The standard InChI is InChI=1S/C54H94O4Si/c1-6-11-13-15-17-19-21-23-25-27-29-31-33-35-37-39-41-48-43-45-51-52-47-49(59(55-8-3,56-9-4)57-10-5)44-46-53(52)58-54(51)50(48)42-40-38-36-34-32-30-28-26-24-22-20-18-16-14-12-7-2/h43-47H,6-42H2,1-5H3. The van der Waals surface area contributed by atoms with Gasteiger partial charge in [-0.3, -0.25) is 0 Å². The van der Waals surface area contributed by atoms with Gasteiger partial charge in [-0.15, -0.1) is 0 Å². The lowest BCUT2D eigenvalue weighted by molar-refractivity contribution is 0.0859. The molecule has 5 heteroatoms. The van der Waals surface area contributed by atoms with Crippen LogP contribution >= 0.6 is 0 Å². The molecule has 0 aliphatic carbocycles. The summed E-state index contributed by atoms with van der Waals surface area (Å²) in [5, 5.41) is 3.39. The summed E-state index contributed by atoms with van der Waals surface area (Å²) < 4.78 is 25.7. The molecule has 2 aromatic carbocycles. The van der Waals surface area contributed by atoms with Crippen LogP contribution in [0.3, 0.4) is 0 Å². The monoisotopic (exact) mass is 835 g/mol. The molecule has 0 bridgehead atoms. The van der Waals surface area contributed by atoms with Gasteiger partial charge in [-0.05, 0) is 69.7 Å². The first-order valence-electron chi connectivity index (χ1n) is 26.0. The maximum absolute atomic E-state index is 6.78. The SMILES string of the molecule is CCCCCCCCCCCCCCCCCCc1ccc2c(oc3ccc([Si](OCC)(OCC)OCC)cc32)c1CCCCCCCCCCCCCCCCCC. The molecular weight excluding hydrogens is 741 g/mol. The topological polar surface area (TPSA) is 40.8 Å². The second kappa shape index (κ2) is 33.9. The van der Waals surface area contributed by atoms with Gasteiger partial charge in [-0.2, -0.15) is 0 Å². The third-order valence-electron chi connectivity index (χ3n) is 12.8. The van der Waals surface area contributed by atoms with Gasteiger partial charge in [0.1, 0.15) is 11.2 Å². The fourth-order valence-electron chi connectivity index (χ4n) is 9.29. The third-order valence-corrected chi connectivity index (χ3v) is 15.8. The van der Waals surface area contributed by atoms with Crippen molar-refractivity contribution in [1.29, 1.82) is 0 Å². The second-order valence-corrected chi connectivity index (χ2v) is 20.4. The normalized spacial score (nSPS) is 12.2. The Hall–Kier alpha value is -1.66. The van der Waals surface area contributed by atoms with Gasteiger partial charge >= 0.3 is 8.80 Å². The maximum atomic E-state index is 6.78. The highest BCUT2D eigenvalue weighted by atomic mass is 28.4. The van der Waals surface area contributed by atoms with Gasteiger partial charge in [0.15, 0.2) is 0 Å². The van der Waals surface area contributed by atoms with Gasteiger partial charge in [0.05, 0.1) is 0 Å². The molecule has 0 aliphatic rings. The van der Waals surface area contributed by atoms with Gasteiger partial charge in [0.25, 0.3) is 0 Å². The zero-order valence-corrected chi connectivity index (χ0v) is 40.7. The molecule has 4 nitrogen and oxygen atoms in total. The van der Waals surface area contributed by atoms with Crippen LogP contribution in [-0.2, 0) is 26.1 Å². The summed E-state index contributed by atoms with van der Waals surface area (Å²) in [6.45, 7) is 12.4. The molecule has 0 amide bonds. The van der Waals surface area contributed by atoms with Crippen LogP contribution in [0.15, 0.2) is 34.7 Å². The van der Waals surface area contributed by atoms with Gasteiger partial charge in [0.2, 0.25) is 0 Å². The molecular formula is C54H94O4Si. The minimum absolute atomic E-state index is 0.558. The van der Waals surface area contributed by atoms with Crippen LogP contribution in [-0.4, -0.2) is 28.6 Å². The number of unbranched alkanes of at least 4 members (excludes halogenated alkanes) is 30. The van der Waals surface area contributed by atoms with Gasteiger partial charge in [-0.1, -0.05) is 225 Å². The highest BCUT2D eigenvalue weighted by molar-refractivity contribution is 6.75. The molecule has 0 unspecified atom stereocenters. The Balaban J connectivity index is 1.51. The minimum Gasteiger partial charge on any atom is -0.456 e. The summed E-state index contributed by atoms with van der Waals surface area (Å²) >= 11 is 0. The molecule has 0 saturated carbocycles. The van der Waals surface area contributed by atoms with Crippen molar-refractivity contribution < 1.29 is 17.7 Å². The van der Waals surface area contributed by atoms with Crippen LogP contribution in [0.2, 0.25) is 0 Å². The van der Waals surface area contributed by atoms with Crippen LogP contribution in [0.5, 0.6) is 0 Å². The Morgan fingerprint density at radius 3 is 1.15 bits per heavy atom. The Bertz CT molecular complexity index is 1410. The summed E-state index contributed by atoms with van der Waals surface area (Å²) in [6.07, 6.45) is 47.2. The summed E-state index contributed by atoms with van der Waals surface area (Å²) in [5.41, 5.74) is 5.01. The van der Waals surface area contributed by atoms with E-state index in [1.54, 1.807) is 0 Å². The zero-order chi connectivity index (χ0) is 42.1. The predicted molar refractivity (Wildman–Crippen MR) is 260 cm³/mol. The van der Waals surface area contributed by atoms with Gasteiger partial charge in [0, 0.05) is 35.8 Å². The molecule has 0 N–H and O–H groups in total. The Morgan fingerprint density at radius 2 is 0.763 bits per heavy atom. The van der Waals surface area contributed by atoms with Crippen molar-refractivity contribution in [3.05, 3.63) is 41.5 Å². The van der Waals surface area contributed by atoms with E-state index in [1.807, 2.05) is 20.8 Å². The second-order valence-electron chi connectivity index (χ2n) is 17.9. The predicted octanol–water partition coefficient (Wildman–Crippen LogP) is 17.4. The molecule has 3 aromatic rings. The van der Waals surface area contributed by atoms with E-state index in [4.69, 9.17) is 17.7 Å². The lowest BCUT2D eigenvalue weighted by Gasteiger charge is -2.28. The van der Waals surface area contributed by atoms with Crippen molar-refractivity contribution in [3.8, 4) is 0 Å². The van der Waals surface area contributed by atoms with E-state index >= 15 is 0 Å². The highest BCUT2D eigenvalue weighted by Gasteiger charge is 2.43. The summed E-state index contributed by atoms with van der Waals surface area (Å²) in [4.78, 5) is 0. The fraction of sp³-hybridized carbons (Fsp3) is 0.778. The van der Waals surface area contributed by atoms with Crippen molar-refractivity contribution in [2.75, 3.05) is 19.8 Å². The lowest BCUT2D eigenvalue weighted by Crippen LogP contribution is -2.56. The number of hydrogen-bond acceptors (Lipinski definition) is 4. The molecule has 3 rings (SSSR count). The largest absolute Gasteiger partial charge is 0.537 e. The molecule has 0 saturated heterocycles. The Labute approximate surface area is 366 Å². The molecule has 59 heavy (non-hydrogen) atoms. The van der Waals surface area contributed by atoms with Crippen LogP contribution in [0.4, 0.5) is 0 Å². The average Bonchev–Trinajstić information content (AvgIpc) is 3.62. The number of rotatable bonds is 41. The van der Waals surface area contributed by atoms with Crippen molar-refractivity contribution in [3.63, 3.8) is 0 Å². The van der Waals surface area contributed by atoms with Gasteiger partial charge < -0.3 is 17.7 Å². The van der Waals surface area contributed by atoms with Crippen molar-refractivity contribution in [2.24, 2.45) is 0 Å². The minimum atomic E-state index is -3.02. The van der Waals surface area contributed by atoms with E-state index in [-0.39, 0.29) is 0 Å². The zero-order valence-electron chi connectivity index (χ0n) is 39.7. The molecule has 1 aromatic heterocycles. The number of fused-ring (bicyclic) bond motifs is 3. The van der Waals surface area contributed by atoms with Crippen LogP contribution < -0.4 is 5.19 Å². The maximum Gasteiger partial charge on any atom is 0.537 e. The Kier molecular flexibility index (Phi) is 29.7. The molecule has 1 heterocycles. The quantitative estimate of drug-likeness (QED) is 0.0422. The summed E-state index contributed by atoms with van der Waals surface area (Å²) in [5.74, 6) is 0. The van der Waals surface area contributed by atoms with Crippen LogP contribution in [0, 0.1) is 0 Å². The van der Waals surface area contributed by atoms with E-state index in [0.717, 1.165) is 34.6 Å². The third kappa shape index (κ3) is 20.4. The number of benzene rings is 2. The molecule has 0 spiro atoms. The number of hydrogen-bond donors (Lipinski definition) is 0.